The van der Waals surface area contributed by atoms with Gasteiger partial charge in [0, 0.05) is 6.54 Å². The maximum absolute atomic E-state index is 11.7. The van der Waals surface area contributed by atoms with Crippen molar-refractivity contribution in [2.24, 2.45) is 5.92 Å². The second-order valence-electron chi connectivity index (χ2n) is 4.97. The van der Waals surface area contributed by atoms with Gasteiger partial charge in [0.05, 0.1) is 20.8 Å². The number of amides is 1. The number of aliphatic hydroxyl groups excluding tert-OH is 1. The molecule has 0 fully saturated rings. The molecule has 21 heavy (non-hydrogen) atoms. The summed E-state index contributed by atoms with van der Waals surface area (Å²) in [6.45, 7) is 4.36. The van der Waals surface area contributed by atoms with Gasteiger partial charge < -0.3 is 24.6 Å². The summed E-state index contributed by atoms with van der Waals surface area (Å²) in [5.74, 6) is 1.34. The highest BCUT2D eigenvalue weighted by molar-refractivity contribution is 5.77. The molecule has 0 aliphatic rings. The summed E-state index contributed by atoms with van der Waals surface area (Å²) in [6.07, 6.45) is 0. The molecule has 2 N–H and O–H groups in total. The molecule has 1 aromatic carbocycles. The Morgan fingerprint density at radius 3 is 2.24 bits per heavy atom. The van der Waals surface area contributed by atoms with Gasteiger partial charge in [0.1, 0.15) is 0 Å². The van der Waals surface area contributed by atoms with Gasteiger partial charge in [-0.25, -0.2) is 0 Å². The molecule has 0 heterocycles. The van der Waals surface area contributed by atoms with Crippen molar-refractivity contribution in [3.05, 3.63) is 17.7 Å². The fourth-order valence-electron chi connectivity index (χ4n) is 1.67. The lowest BCUT2D eigenvalue weighted by atomic mass is 10.2. The number of ether oxygens (including phenoxy) is 3. The van der Waals surface area contributed by atoms with Crippen molar-refractivity contribution >= 4 is 5.91 Å². The first kappa shape index (κ1) is 17.1. The van der Waals surface area contributed by atoms with Crippen molar-refractivity contribution in [2.45, 2.75) is 20.5 Å². The van der Waals surface area contributed by atoms with Crippen LogP contribution in [0.1, 0.15) is 19.4 Å². The standard InChI is InChI=1S/C15H23NO5/c1-10(2)7-16-14(18)9-21-15-12(19-3)5-11(8-17)6-13(15)20-4/h5-6,10,17H,7-9H2,1-4H3,(H,16,18). The molecule has 0 radical (unpaired) electrons. The zero-order valence-corrected chi connectivity index (χ0v) is 12.9. The van der Waals surface area contributed by atoms with Gasteiger partial charge >= 0.3 is 0 Å². The Balaban J connectivity index is 2.79. The van der Waals surface area contributed by atoms with Crippen molar-refractivity contribution in [2.75, 3.05) is 27.4 Å². The summed E-state index contributed by atoms with van der Waals surface area (Å²) in [4.78, 5) is 11.7. The normalized spacial score (nSPS) is 10.4. The molecule has 0 saturated heterocycles. The summed E-state index contributed by atoms with van der Waals surface area (Å²) in [7, 11) is 2.98. The molecule has 118 valence electrons. The van der Waals surface area contributed by atoms with Crippen molar-refractivity contribution in [3.8, 4) is 17.2 Å². The molecule has 0 aliphatic heterocycles. The molecule has 0 unspecified atom stereocenters. The second kappa shape index (κ2) is 8.36. The molecule has 6 nitrogen and oxygen atoms in total. The lowest BCUT2D eigenvalue weighted by Crippen LogP contribution is -2.31. The molecule has 0 aliphatic carbocycles. The van der Waals surface area contributed by atoms with Crippen LogP contribution in [0.4, 0.5) is 0 Å². The van der Waals surface area contributed by atoms with E-state index in [0.29, 0.717) is 35.3 Å². The molecule has 0 aromatic heterocycles. The second-order valence-corrected chi connectivity index (χ2v) is 4.97. The zero-order chi connectivity index (χ0) is 15.8. The number of hydrogen-bond acceptors (Lipinski definition) is 5. The van der Waals surface area contributed by atoms with E-state index in [1.807, 2.05) is 13.8 Å². The number of carbonyl (C=O) groups excluding carboxylic acids is 1. The smallest absolute Gasteiger partial charge is 0.257 e. The van der Waals surface area contributed by atoms with Gasteiger partial charge in [0.2, 0.25) is 5.75 Å². The number of rotatable bonds is 8. The Hall–Kier alpha value is -1.95. The van der Waals surface area contributed by atoms with Crippen molar-refractivity contribution < 1.29 is 24.1 Å². The fraction of sp³-hybridized carbons (Fsp3) is 0.533. The minimum atomic E-state index is -0.209. The Bertz CT molecular complexity index is 448. The number of aliphatic hydroxyl groups is 1. The number of benzene rings is 1. The lowest BCUT2D eigenvalue weighted by Gasteiger charge is -2.15. The molecule has 0 atom stereocenters. The van der Waals surface area contributed by atoms with Crippen LogP contribution in [-0.4, -0.2) is 38.4 Å². The van der Waals surface area contributed by atoms with Gasteiger partial charge in [-0.15, -0.1) is 0 Å². The molecule has 1 aromatic rings. The van der Waals surface area contributed by atoms with Crippen LogP contribution in [0, 0.1) is 5.92 Å². The van der Waals surface area contributed by atoms with E-state index in [2.05, 4.69) is 5.32 Å². The van der Waals surface area contributed by atoms with Crippen LogP contribution >= 0.6 is 0 Å². The third kappa shape index (κ3) is 5.15. The van der Waals surface area contributed by atoms with Crippen molar-refractivity contribution in [1.29, 1.82) is 0 Å². The summed E-state index contributed by atoms with van der Waals surface area (Å²) >= 11 is 0. The highest BCUT2D eigenvalue weighted by atomic mass is 16.5. The predicted molar refractivity (Wildman–Crippen MR) is 78.8 cm³/mol. The number of carbonyl (C=O) groups is 1. The van der Waals surface area contributed by atoms with Gasteiger partial charge in [0.25, 0.3) is 5.91 Å². The van der Waals surface area contributed by atoms with Gasteiger partial charge in [0.15, 0.2) is 18.1 Å². The van der Waals surface area contributed by atoms with Crippen LogP contribution in [0.3, 0.4) is 0 Å². The third-order valence-electron chi connectivity index (χ3n) is 2.76. The first-order chi connectivity index (χ1) is 10.0. The molecular formula is C15H23NO5. The Morgan fingerprint density at radius 2 is 1.81 bits per heavy atom. The summed E-state index contributed by atoms with van der Waals surface area (Å²) in [5.41, 5.74) is 0.639. The SMILES string of the molecule is COc1cc(CO)cc(OC)c1OCC(=O)NCC(C)C. The monoisotopic (exact) mass is 297 g/mol. The van der Waals surface area contributed by atoms with Crippen LogP contribution < -0.4 is 19.5 Å². The summed E-state index contributed by atoms with van der Waals surface area (Å²) < 4.78 is 15.9. The first-order valence-electron chi connectivity index (χ1n) is 6.77. The molecule has 0 spiro atoms. The number of methoxy groups -OCH3 is 2. The highest BCUT2D eigenvalue weighted by Crippen LogP contribution is 2.38. The molecule has 1 amide bonds. The van der Waals surface area contributed by atoms with Crippen LogP contribution in [0.25, 0.3) is 0 Å². The molecule has 0 bridgehead atoms. The lowest BCUT2D eigenvalue weighted by molar-refractivity contribution is -0.123. The minimum Gasteiger partial charge on any atom is -0.493 e. The van der Waals surface area contributed by atoms with E-state index in [1.54, 1.807) is 12.1 Å². The first-order valence-corrected chi connectivity index (χ1v) is 6.77. The van der Waals surface area contributed by atoms with Gasteiger partial charge in [-0.1, -0.05) is 13.8 Å². The maximum Gasteiger partial charge on any atom is 0.257 e. The van der Waals surface area contributed by atoms with Crippen LogP contribution in [-0.2, 0) is 11.4 Å². The fourth-order valence-corrected chi connectivity index (χ4v) is 1.67. The van der Waals surface area contributed by atoms with Crippen LogP contribution in [0.2, 0.25) is 0 Å². The quantitative estimate of drug-likeness (QED) is 0.757. The topological polar surface area (TPSA) is 77.0 Å². The number of hydrogen-bond donors (Lipinski definition) is 2. The minimum absolute atomic E-state index is 0.127. The predicted octanol–water partition coefficient (Wildman–Crippen LogP) is 1.35. The number of nitrogens with one attached hydrogen (secondary N) is 1. The van der Waals surface area contributed by atoms with E-state index < -0.39 is 0 Å². The Labute approximate surface area is 125 Å². The molecule has 0 saturated carbocycles. The van der Waals surface area contributed by atoms with Crippen molar-refractivity contribution in [1.82, 2.24) is 5.32 Å². The summed E-state index contributed by atoms with van der Waals surface area (Å²) in [6, 6.07) is 3.29. The van der Waals surface area contributed by atoms with Crippen molar-refractivity contribution in [3.63, 3.8) is 0 Å². The average Bonchev–Trinajstić information content (AvgIpc) is 2.49. The van der Waals surface area contributed by atoms with Gasteiger partial charge in [-0.3, -0.25) is 4.79 Å². The van der Waals surface area contributed by atoms with Gasteiger partial charge in [-0.2, -0.15) is 0 Å². The molecule has 6 heteroatoms. The zero-order valence-electron chi connectivity index (χ0n) is 12.9. The van der Waals surface area contributed by atoms with E-state index in [1.165, 1.54) is 14.2 Å². The van der Waals surface area contributed by atoms with E-state index >= 15 is 0 Å². The van der Waals surface area contributed by atoms with E-state index in [0.717, 1.165) is 0 Å². The molecular weight excluding hydrogens is 274 g/mol. The Kier molecular flexibility index (Phi) is 6.81. The third-order valence-corrected chi connectivity index (χ3v) is 2.76. The largest absolute Gasteiger partial charge is 0.493 e. The van der Waals surface area contributed by atoms with Gasteiger partial charge in [-0.05, 0) is 23.6 Å². The highest BCUT2D eigenvalue weighted by Gasteiger charge is 2.15. The van der Waals surface area contributed by atoms with E-state index in [9.17, 15) is 9.90 Å². The van der Waals surface area contributed by atoms with E-state index in [-0.39, 0.29) is 19.1 Å². The average molecular weight is 297 g/mol. The van der Waals surface area contributed by atoms with E-state index in [4.69, 9.17) is 14.2 Å². The summed E-state index contributed by atoms with van der Waals surface area (Å²) in [5, 5.41) is 12.0. The molecule has 1 rings (SSSR count). The van der Waals surface area contributed by atoms with Crippen LogP contribution in [0.15, 0.2) is 12.1 Å². The Morgan fingerprint density at radius 1 is 1.24 bits per heavy atom. The maximum atomic E-state index is 11.7. The van der Waals surface area contributed by atoms with Crippen LogP contribution in [0.5, 0.6) is 17.2 Å².